The molecule has 0 fully saturated rings. The van der Waals surface area contributed by atoms with Crippen molar-refractivity contribution in [1.82, 2.24) is 35.1 Å². The highest BCUT2D eigenvalue weighted by atomic mass is 32.1. The quantitative estimate of drug-likeness (QED) is 0.728. The van der Waals surface area contributed by atoms with Crippen molar-refractivity contribution in [3.8, 4) is 0 Å². The van der Waals surface area contributed by atoms with Crippen molar-refractivity contribution in [3.63, 3.8) is 0 Å². The molecule has 9 heteroatoms. The summed E-state index contributed by atoms with van der Waals surface area (Å²) in [5.74, 6) is 1.50. The molecular weight excluding hydrogens is 288 g/mol. The topological polar surface area (TPSA) is 87.0 Å². The lowest BCUT2D eigenvalue weighted by Crippen LogP contribution is -2.16. The first kappa shape index (κ1) is 14.0. The number of fused-ring (bicyclic) bond motifs is 1. The smallest absolute Gasteiger partial charge is 0.244 e. The van der Waals surface area contributed by atoms with Gasteiger partial charge >= 0.3 is 0 Å². The molecule has 0 unspecified atom stereocenters. The average molecular weight is 306 g/mol. The molecule has 0 amide bonds. The molecule has 0 radical (unpaired) electrons. The maximum atomic E-state index is 4.52. The Balaban J connectivity index is 1.67. The zero-order valence-electron chi connectivity index (χ0n) is 12.5. The van der Waals surface area contributed by atoms with Crippen molar-refractivity contribution in [2.45, 2.75) is 26.9 Å². The third-order valence-electron chi connectivity index (χ3n) is 3.10. The number of aryl methyl sites for hydroxylation is 2. The summed E-state index contributed by atoms with van der Waals surface area (Å²) in [5.41, 5.74) is 2.09. The van der Waals surface area contributed by atoms with Gasteiger partial charge in [0, 0.05) is 20.6 Å². The van der Waals surface area contributed by atoms with Crippen LogP contribution in [0.3, 0.4) is 0 Å². The van der Waals surface area contributed by atoms with Gasteiger partial charge in [0.15, 0.2) is 0 Å². The molecule has 0 bridgehead atoms. The second-order valence-electron chi connectivity index (χ2n) is 5.04. The van der Waals surface area contributed by atoms with Crippen LogP contribution in [-0.4, -0.2) is 43.9 Å². The molecule has 3 heterocycles. The van der Waals surface area contributed by atoms with Crippen LogP contribution >= 0.6 is 11.3 Å². The number of nitrogens with one attached hydrogen (secondary N) is 2. The molecule has 0 aromatic carbocycles. The lowest BCUT2D eigenvalue weighted by molar-refractivity contribution is 0.638. The van der Waals surface area contributed by atoms with Crippen molar-refractivity contribution in [2.24, 2.45) is 0 Å². The molecule has 3 rings (SSSR count). The fourth-order valence-corrected chi connectivity index (χ4v) is 2.86. The Morgan fingerprint density at radius 2 is 2.05 bits per heavy atom. The number of aromatic amines is 1. The van der Waals surface area contributed by atoms with Gasteiger partial charge in [0.1, 0.15) is 10.8 Å². The van der Waals surface area contributed by atoms with E-state index in [-0.39, 0.29) is 0 Å². The van der Waals surface area contributed by atoms with E-state index in [1.807, 2.05) is 37.4 Å². The molecule has 0 saturated heterocycles. The Kier molecular flexibility index (Phi) is 3.60. The Bertz CT molecular complexity index is 753. The lowest BCUT2D eigenvalue weighted by atomic mass is 10.3. The van der Waals surface area contributed by atoms with Gasteiger partial charge < -0.3 is 10.2 Å². The SMILES string of the molecule is Cc1nn2c(CNCc3nc(N(C)C)n[nH]3)c(C)nc2s1. The number of nitrogens with zero attached hydrogens (tertiary/aromatic N) is 6. The van der Waals surface area contributed by atoms with E-state index in [4.69, 9.17) is 0 Å². The predicted octanol–water partition coefficient (Wildman–Crippen LogP) is 0.882. The summed E-state index contributed by atoms with van der Waals surface area (Å²) in [6.07, 6.45) is 0. The summed E-state index contributed by atoms with van der Waals surface area (Å²) in [5, 5.41) is 15.9. The lowest BCUT2D eigenvalue weighted by Gasteiger charge is -2.04. The van der Waals surface area contributed by atoms with Gasteiger partial charge in [-0.1, -0.05) is 11.3 Å². The molecule has 3 aromatic rings. The average Bonchev–Trinajstić information content (AvgIpc) is 3.07. The summed E-state index contributed by atoms with van der Waals surface area (Å²) in [7, 11) is 3.83. The van der Waals surface area contributed by atoms with Gasteiger partial charge in [-0.15, -0.1) is 5.10 Å². The first-order chi connectivity index (χ1) is 10.0. The third kappa shape index (κ3) is 2.74. The molecule has 3 aromatic heterocycles. The molecule has 0 spiro atoms. The normalized spacial score (nSPS) is 11.4. The number of hydrogen-bond donors (Lipinski definition) is 2. The Labute approximate surface area is 126 Å². The Morgan fingerprint density at radius 1 is 1.24 bits per heavy atom. The van der Waals surface area contributed by atoms with E-state index in [1.165, 1.54) is 0 Å². The maximum Gasteiger partial charge on any atom is 0.244 e. The van der Waals surface area contributed by atoms with E-state index < -0.39 is 0 Å². The molecule has 21 heavy (non-hydrogen) atoms. The van der Waals surface area contributed by atoms with E-state index in [9.17, 15) is 0 Å². The van der Waals surface area contributed by atoms with Crippen LogP contribution in [0.25, 0.3) is 4.96 Å². The first-order valence-electron chi connectivity index (χ1n) is 6.65. The van der Waals surface area contributed by atoms with Crippen LogP contribution in [0.1, 0.15) is 22.2 Å². The van der Waals surface area contributed by atoms with Crippen LogP contribution in [0.15, 0.2) is 0 Å². The highest BCUT2D eigenvalue weighted by Crippen LogP contribution is 2.17. The summed E-state index contributed by atoms with van der Waals surface area (Å²) >= 11 is 1.60. The van der Waals surface area contributed by atoms with Crippen LogP contribution in [0.2, 0.25) is 0 Å². The van der Waals surface area contributed by atoms with E-state index in [0.29, 0.717) is 19.0 Å². The number of H-pyrrole nitrogens is 1. The zero-order chi connectivity index (χ0) is 15.0. The Hall–Kier alpha value is -2.00. The summed E-state index contributed by atoms with van der Waals surface area (Å²) in [6, 6.07) is 0. The van der Waals surface area contributed by atoms with E-state index >= 15 is 0 Å². The van der Waals surface area contributed by atoms with E-state index in [1.54, 1.807) is 11.3 Å². The van der Waals surface area contributed by atoms with Crippen LogP contribution < -0.4 is 10.2 Å². The van der Waals surface area contributed by atoms with Crippen molar-refractivity contribution in [2.75, 3.05) is 19.0 Å². The molecule has 0 aliphatic carbocycles. The molecule has 0 aliphatic rings. The third-order valence-corrected chi connectivity index (χ3v) is 3.93. The van der Waals surface area contributed by atoms with Crippen molar-refractivity contribution >= 4 is 22.2 Å². The minimum absolute atomic E-state index is 0.622. The maximum absolute atomic E-state index is 4.52. The standard InChI is InChI=1S/C12H18N8S/c1-7-9(20-12(14-7)21-8(2)18-20)5-13-6-10-15-11(17-16-10)19(3)4/h13H,5-6H2,1-4H3,(H,15,16,17). The molecule has 0 aliphatic heterocycles. The molecule has 2 N–H and O–H groups in total. The van der Waals surface area contributed by atoms with Gasteiger partial charge in [-0.25, -0.2) is 9.50 Å². The van der Waals surface area contributed by atoms with Crippen molar-refractivity contribution in [1.29, 1.82) is 0 Å². The Morgan fingerprint density at radius 3 is 2.76 bits per heavy atom. The van der Waals surface area contributed by atoms with Crippen LogP contribution in [-0.2, 0) is 13.1 Å². The number of rotatable bonds is 5. The van der Waals surface area contributed by atoms with E-state index in [2.05, 4.69) is 30.6 Å². The van der Waals surface area contributed by atoms with E-state index in [0.717, 1.165) is 27.2 Å². The highest BCUT2D eigenvalue weighted by molar-refractivity contribution is 7.16. The number of hydrogen-bond acceptors (Lipinski definition) is 7. The van der Waals surface area contributed by atoms with Gasteiger partial charge in [-0.2, -0.15) is 10.1 Å². The van der Waals surface area contributed by atoms with Gasteiger partial charge in [0.2, 0.25) is 10.9 Å². The largest absolute Gasteiger partial charge is 0.346 e. The van der Waals surface area contributed by atoms with Crippen LogP contribution in [0, 0.1) is 13.8 Å². The monoisotopic (exact) mass is 306 g/mol. The molecule has 8 nitrogen and oxygen atoms in total. The summed E-state index contributed by atoms with van der Waals surface area (Å²) in [4.78, 5) is 11.7. The van der Waals surface area contributed by atoms with Gasteiger partial charge in [0.05, 0.1) is 17.9 Å². The van der Waals surface area contributed by atoms with Gasteiger partial charge in [-0.05, 0) is 13.8 Å². The zero-order valence-corrected chi connectivity index (χ0v) is 13.3. The molecule has 112 valence electrons. The van der Waals surface area contributed by atoms with Crippen molar-refractivity contribution < 1.29 is 0 Å². The van der Waals surface area contributed by atoms with Crippen molar-refractivity contribution in [3.05, 3.63) is 22.2 Å². The highest BCUT2D eigenvalue weighted by Gasteiger charge is 2.12. The second-order valence-corrected chi connectivity index (χ2v) is 6.20. The molecule has 0 atom stereocenters. The number of imidazole rings is 1. The van der Waals surface area contributed by atoms with Crippen LogP contribution in [0.5, 0.6) is 0 Å². The fraction of sp³-hybridized carbons (Fsp3) is 0.500. The minimum Gasteiger partial charge on any atom is -0.346 e. The van der Waals surface area contributed by atoms with Crippen LogP contribution in [0.4, 0.5) is 5.95 Å². The number of anilines is 1. The second kappa shape index (κ2) is 5.41. The van der Waals surface area contributed by atoms with Gasteiger partial charge in [-0.3, -0.25) is 5.10 Å². The predicted molar refractivity (Wildman–Crippen MR) is 81.6 cm³/mol. The first-order valence-corrected chi connectivity index (χ1v) is 7.47. The summed E-state index contributed by atoms with van der Waals surface area (Å²) < 4.78 is 1.91. The number of aromatic nitrogens is 6. The summed E-state index contributed by atoms with van der Waals surface area (Å²) in [6.45, 7) is 5.31. The minimum atomic E-state index is 0.622. The molecular formula is C12H18N8S. The fourth-order valence-electron chi connectivity index (χ4n) is 2.05. The molecule has 0 saturated carbocycles. The van der Waals surface area contributed by atoms with Gasteiger partial charge in [0.25, 0.3) is 0 Å².